The summed E-state index contributed by atoms with van der Waals surface area (Å²) in [6, 6.07) is 14.0. The molecule has 0 radical (unpaired) electrons. The van der Waals surface area contributed by atoms with Gasteiger partial charge in [0, 0.05) is 23.8 Å². The number of pyridine rings is 1. The summed E-state index contributed by atoms with van der Waals surface area (Å²) in [6.45, 7) is 2.17. The normalized spacial score (nSPS) is 12.0. The first-order valence-electron chi connectivity index (χ1n) is 8.49. The minimum atomic E-state index is -0.686. The molecule has 23 heavy (non-hydrogen) atoms. The molecule has 0 aliphatic carbocycles. The van der Waals surface area contributed by atoms with Crippen LogP contribution in [0.4, 0.5) is 0 Å². The monoisotopic (exact) mass is 312 g/mol. The summed E-state index contributed by atoms with van der Waals surface area (Å²) in [5.74, 6) is -0.994. The molecule has 0 saturated heterocycles. The lowest BCUT2D eigenvalue weighted by Crippen LogP contribution is -2.31. The first kappa shape index (κ1) is 17.2. The van der Waals surface area contributed by atoms with Crippen LogP contribution >= 0.6 is 0 Å². The number of carboxylic acids is 1. The molecule has 0 spiro atoms. The van der Waals surface area contributed by atoms with Gasteiger partial charge in [0.2, 0.25) is 5.69 Å². The Balaban J connectivity index is 2.12. The Bertz CT molecular complexity index is 610. The van der Waals surface area contributed by atoms with Gasteiger partial charge in [-0.1, -0.05) is 56.9 Å². The Hall–Kier alpha value is -2.16. The number of para-hydroxylation sites is 1. The zero-order chi connectivity index (χ0) is 16.5. The summed E-state index contributed by atoms with van der Waals surface area (Å²) < 4.78 is 2.05. The van der Waals surface area contributed by atoms with E-state index in [4.69, 9.17) is 0 Å². The molecule has 0 saturated carbocycles. The van der Waals surface area contributed by atoms with Crippen LogP contribution in [0.25, 0.3) is 5.69 Å². The van der Waals surface area contributed by atoms with Gasteiger partial charge >= 0.3 is 5.97 Å². The average Bonchev–Trinajstić information content (AvgIpc) is 2.58. The van der Waals surface area contributed by atoms with Gasteiger partial charge in [-0.2, -0.15) is 4.57 Å². The molecular weight excluding hydrogens is 286 g/mol. The van der Waals surface area contributed by atoms with E-state index in [0.29, 0.717) is 6.42 Å². The van der Waals surface area contributed by atoms with Crippen molar-refractivity contribution in [2.45, 2.75) is 45.4 Å². The number of benzene rings is 1. The summed E-state index contributed by atoms with van der Waals surface area (Å²) in [7, 11) is 0. The highest BCUT2D eigenvalue weighted by Crippen LogP contribution is 2.19. The minimum Gasteiger partial charge on any atom is -0.481 e. The molecule has 0 fully saturated rings. The fraction of sp³-hybridized carbons (Fsp3) is 0.400. The highest BCUT2D eigenvalue weighted by atomic mass is 16.4. The Labute approximate surface area is 138 Å². The Morgan fingerprint density at radius 2 is 1.78 bits per heavy atom. The number of carbonyl (C=O) groups is 1. The van der Waals surface area contributed by atoms with Crippen molar-refractivity contribution in [1.29, 1.82) is 0 Å². The number of aliphatic carboxylic acids is 1. The second kappa shape index (κ2) is 9.09. The van der Waals surface area contributed by atoms with Crippen LogP contribution in [0.15, 0.2) is 54.9 Å². The Kier molecular flexibility index (Phi) is 6.79. The van der Waals surface area contributed by atoms with Crippen molar-refractivity contribution in [3.05, 3.63) is 60.4 Å². The van der Waals surface area contributed by atoms with Crippen molar-refractivity contribution < 1.29 is 14.5 Å². The van der Waals surface area contributed by atoms with Gasteiger partial charge in [-0.3, -0.25) is 4.79 Å². The fourth-order valence-corrected chi connectivity index (χ4v) is 2.89. The smallest absolute Gasteiger partial charge is 0.306 e. The predicted molar refractivity (Wildman–Crippen MR) is 91.6 cm³/mol. The standard InChI is InChI=1S/C20H25NO2/c1-2-3-4-6-12-18(20(22)23)16-17-11-7-8-13-19(17)21-14-9-5-10-15-21/h5,7-11,13-15,18H,2-4,6,12,16H2,1H3/p+1. The van der Waals surface area contributed by atoms with Crippen LogP contribution in [0, 0.1) is 5.92 Å². The Morgan fingerprint density at radius 3 is 2.48 bits per heavy atom. The van der Waals surface area contributed by atoms with Gasteiger partial charge in [-0.05, 0) is 12.8 Å². The van der Waals surface area contributed by atoms with Crippen LogP contribution < -0.4 is 4.57 Å². The maximum Gasteiger partial charge on any atom is 0.306 e. The molecular formula is C20H26NO2+. The number of carboxylic acid groups (broad SMARTS) is 1. The fourth-order valence-electron chi connectivity index (χ4n) is 2.89. The van der Waals surface area contributed by atoms with E-state index in [-0.39, 0.29) is 5.92 Å². The van der Waals surface area contributed by atoms with E-state index in [1.165, 1.54) is 12.8 Å². The van der Waals surface area contributed by atoms with E-state index >= 15 is 0 Å². The van der Waals surface area contributed by atoms with Gasteiger partial charge in [-0.25, -0.2) is 0 Å². The van der Waals surface area contributed by atoms with Gasteiger partial charge in [0.1, 0.15) is 0 Å². The number of nitrogens with zero attached hydrogens (tertiary/aromatic N) is 1. The van der Waals surface area contributed by atoms with Crippen LogP contribution in [-0.2, 0) is 11.2 Å². The van der Waals surface area contributed by atoms with Crippen LogP contribution in [0.5, 0.6) is 0 Å². The lowest BCUT2D eigenvalue weighted by atomic mass is 9.92. The lowest BCUT2D eigenvalue weighted by molar-refractivity contribution is -0.596. The topological polar surface area (TPSA) is 41.2 Å². The van der Waals surface area contributed by atoms with E-state index < -0.39 is 5.97 Å². The quantitative estimate of drug-likeness (QED) is 0.557. The third-order valence-corrected chi connectivity index (χ3v) is 4.21. The van der Waals surface area contributed by atoms with Gasteiger partial charge in [0.15, 0.2) is 12.4 Å². The van der Waals surface area contributed by atoms with Gasteiger partial charge in [0.25, 0.3) is 0 Å². The molecule has 0 amide bonds. The summed E-state index contributed by atoms with van der Waals surface area (Å²) in [5.41, 5.74) is 2.15. The number of hydrogen-bond donors (Lipinski definition) is 1. The van der Waals surface area contributed by atoms with Crippen molar-refractivity contribution in [3.8, 4) is 5.69 Å². The van der Waals surface area contributed by atoms with Crippen LogP contribution in [0.1, 0.15) is 44.6 Å². The van der Waals surface area contributed by atoms with Crippen molar-refractivity contribution in [1.82, 2.24) is 0 Å². The molecule has 1 unspecified atom stereocenters. The molecule has 1 aromatic heterocycles. The van der Waals surface area contributed by atoms with Crippen LogP contribution in [-0.4, -0.2) is 11.1 Å². The molecule has 0 bridgehead atoms. The third kappa shape index (κ3) is 5.20. The summed E-state index contributed by atoms with van der Waals surface area (Å²) in [4.78, 5) is 11.6. The minimum absolute atomic E-state index is 0.308. The van der Waals surface area contributed by atoms with Crippen molar-refractivity contribution >= 4 is 5.97 Å². The first-order valence-corrected chi connectivity index (χ1v) is 8.49. The molecule has 3 nitrogen and oxygen atoms in total. The third-order valence-electron chi connectivity index (χ3n) is 4.21. The molecule has 1 N–H and O–H groups in total. The number of hydrogen-bond acceptors (Lipinski definition) is 1. The molecule has 1 heterocycles. The first-order chi connectivity index (χ1) is 11.2. The second-order valence-corrected chi connectivity index (χ2v) is 6.00. The summed E-state index contributed by atoms with van der Waals surface area (Å²) >= 11 is 0. The largest absolute Gasteiger partial charge is 0.481 e. The van der Waals surface area contributed by atoms with Gasteiger partial charge in [-0.15, -0.1) is 0 Å². The number of aromatic nitrogens is 1. The average molecular weight is 312 g/mol. The SMILES string of the molecule is CCCCCCC(Cc1ccccc1-[n+]1ccccc1)C(=O)O. The maximum absolute atomic E-state index is 11.6. The molecule has 1 aromatic carbocycles. The van der Waals surface area contributed by atoms with Crippen molar-refractivity contribution in [3.63, 3.8) is 0 Å². The summed E-state index contributed by atoms with van der Waals surface area (Å²) in [5, 5.41) is 9.55. The molecule has 3 heteroatoms. The zero-order valence-corrected chi connectivity index (χ0v) is 13.8. The molecule has 2 aromatic rings. The van der Waals surface area contributed by atoms with Crippen LogP contribution in [0.3, 0.4) is 0 Å². The van der Waals surface area contributed by atoms with Crippen LogP contribution in [0.2, 0.25) is 0 Å². The van der Waals surface area contributed by atoms with E-state index in [1.54, 1.807) is 0 Å². The van der Waals surface area contributed by atoms with E-state index in [2.05, 4.69) is 6.92 Å². The predicted octanol–water partition coefficient (Wildman–Crippen LogP) is 4.18. The zero-order valence-electron chi connectivity index (χ0n) is 13.8. The highest BCUT2D eigenvalue weighted by Gasteiger charge is 2.21. The number of unbranched alkanes of at least 4 members (excludes halogenated alkanes) is 3. The molecule has 0 aliphatic rings. The van der Waals surface area contributed by atoms with Gasteiger partial charge in [0.05, 0.1) is 5.92 Å². The molecule has 0 aliphatic heterocycles. The second-order valence-electron chi connectivity index (χ2n) is 6.00. The van der Waals surface area contributed by atoms with E-state index in [1.807, 2.05) is 59.4 Å². The molecule has 1 atom stereocenters. The molecule has 2 rings (SSSR count). The highest BCUT2D eigenvalue weighted by molar-refractivity contribution is 5.70. The van der Waals surface area contributed by atoms with E-state index in [9.17, 15) is 9.90 Å². The lowest BCUT2D eigenvalue weighted by Gasteiger charge is -2.13. The van der Waals surface area contributed by atoms with E-state index in [0.717, 1.165) is 30.5 Å². The van der Waals surface area contributed by atoms with Gasteiger partial charge < -0.3 is 5.11 Å². The maximum atomic E-state index is 11.6. The molecule has 122 valence electrons. The Morgan fingerprint density at radius 1 is 1.04 bits per heavy atom. The van der Waals surface area contributed by atoms with Crippen molar-refractivity contribution in [2.75, 3.05) is 0 Å². The number of rotatable bonds is 9. The van der Waals surface area contributed by atoms with Crippen molar-refractivity contribution in [2.24, 2.45) is 5.92 Å². The summed E-state index contributed by atoms with van der Waals surface area (Å²) in [6.07, 6.45) is 9.79.